The van der Waals surface area contributed by atoms with Gasteiger partial charge >= 0.3 is 0 Å². The molecule has 2 aliphatic rings. The van der Waals surface area contributed by atoms with Gasteiger partial charge < -0.3 is 14.7 Å². The monoisotopic (exact) mass is 343 g/mol. The number of methoxy groups -OCH3 is 1. The highest BCUT2D eigenvalue weighted by Gasteiger charge is 2.49. The quantitative estimate of drug-likeness (QED) is 0.928. The van der Waals surface area contributed by atoms with Crippen molar-refractivity contribution in [2.45, 2.75) is 50.3 Å². The van der Waals surface area contributed by atoms with Gasteiger partial charge in [-0.3, -0.25) is 0 Å². The SMILES string of the molecule is COc1cc(C)nc(N2C3CCC2CC(O)(c2ccc(F)cc2)C3)n1. The second kappa shape index (κ2) is 5.95. The summed E-state index contributed by atoms with van der Waals surface area (Å²) in [6.07, 6.45) is 3.17. The Kier molecular flexibility index (Phi) is 3.87. The van der Waals surface area contributed by atoms with Crippen LogP contribution < -0.4 is 9.64 Å². The third-order valence-corrected chi connectivity index (χ3v) is 5.41. The Morgan fingerprint density at radius 1 is 1.16 bits per heavy atom. The lowest BCUT2D eigenvalue weighted by Gasteiger charge is -2.44. The first-order valence-electron chi connectivity index (χ1n) is 8.65. The summed E-state index contributed by atoms with van der Waals surface area (Å²) in [7, 11) is 1.60. The molecule has 5 nitrogen and oxygen atoms in total. The molecule has 4 rings (SSSR count). The summed E-state index contributed by atoms with van der Waals surface area (Å²) in [5, 5.41) is 11.2. The van der Waals surface area contributed by atoms with Crippen LogP contribution in [0.15, 0.2) is 30.3 Å². The van der Waals surface area contributed by atoms with E-state index in [1.165, 1.54) is 12.1 Å². The fraction of sp³-hybridized carbons (Fsp3) is 0.474. The number of hydrogen-bond donors (Lipinski definition) is 1. The van der Waals surface area contributed by atoms with E-state index in [4.69, 9.17) is 4.74 Å². The van der Waals surface area contributed by atoms with Crippen LogP contribution in [0.3, 0.4) is 0 Å². The number of piperidine rings is 1. The summed E-state index contributed by atoms with van der Waals surface area (Å²) in [6, 6.07) is 8.35. The maximum absolute atomic E-state index is 13.2. The standard InChI is InChI=1S/C19H22FN3O2/c1-12-9-17(25-2)22-18(21-12)23-15-7-8-16(23)11-19(24,10-15)13-3-5-14(20)6-4-13/h3-6,9,15-16,24H,7-8,10-11H2,1-2H3. The first-order valence-corrected chi connectivity index (χ1v) is 8.65. The van der Waals surface area contributed by atoms with E-state index in [0.29, 0.717) is 24.7 Å². The number of anilines is 1. The van der Waals surface area contributed by atoms with E-state index in [-0.39, 0.29) is 17.9 Å². The van der Waals surface area contributed by atoms with Gasteiger partial charge in [0.05, 0.1) is 12.7 Å². The van der Waals surface area contributed by atoms with Gasteiger partial charge in [-0.05, 0) is 37.5 Å². The van der Waals surface area contributed by atoms with Gasteiger partial charge in [0.25, 0.3) is 0 Å². The molecular formula is C19H22FN3O2. The number of benzene rings is 1. The molecule has 0 aliphatic carbocycles. The molecule has 0 amide bonds. The first kappa shape index (κ1) is 16.3. The first-order chi connectivity index (χ1) is 12.0. The number of aryl methyl sites for hydroxylation is 1. The average molecular weight is 343 g/mol. The van der Waals surface area contributed by atoms with Crippen molar-refractivity contribution in [1.82, 2.24) is 9.97 Å². The number of aliphatic hydroxyl groups is 1. The Morgan fingerprint density at radius 2 is 1.80 bits per heavy atom. The zero-order valence-corrected chi connectivity index (χ0v) is 14.4. The number of hydrogen-bond acceptors (Lipinski definition) is 5. The van der Waals surface area contributed by atoms with Crippen molar-refractivity contribution in [1.29, 1.82) is 0 Å². The van der Waals surface area contributed by atoms with E-state index < -0.39 is 5.60 Å². The Bertz CT molecular complexity index is 767. The summed E-state index contributed by atoms with van der Waals surface area (Å²) in [5.41, 5.74) is 0.720. The number of aromatic nitrogens is 2. The zero-order valence-electron chi connectivity index (χ0n) is 14.4. The largest absolute Gasteiger partial charge is 0.481 e. The lowest BCUT2D eigenvalue weighted by Crippen LogP contribution is -2.50. The lowest BCUT2D eigenvalue weighted by atomic mass is 9.80. The van der Waals surface area contributed by atoms with E-state index in [2.05, 4.69) is 14.9 Å². The van der Waals surface area contributed by atoms with Gasteiger partial charge in [0.1, 0.15) is 5.82 Å². The summed E-state index contributed by atoms with van der Waals surface area (Å²) >= 11 is 0. The van der Waals surface area contributed by atoms with Gasteiger partial charge in [0.2, 0.25) is 11.8 Å². The van der Waals surface area contributed by atoms with E-state index >= 15 is 0 Å². The van der Waals surface area contributed by atoms with Crippen LogP contribution in [-0.4, -0.2) is 34.3 Å². The number of rotatable bonds is 3. The smallest absolute Gasteiger partial charge is 0.229 e. The van der Waals surface area contributed by atoms with Gasteiger partial charge in [-0.2, -0.15) is 4.98 Å². The van der Waals surface area contributed by atoms with Crippen LogP contribution in [0.5, 0.6) is 5.88 Å². The lowest BCUT2D eigenvalue weighted by molar-refractivity contribution is -0.00343. The van der Waals surface area contributed by atoms with Crippen LogP contribution in [-0.2, 0) is 5.60 Å². The van der Waals surface area contributed by atoms with Crippen LogP contribution in [0.25, 0.3) is 0 Å². The van der Waals surface area contributed by atoms with Gasteiger partial charge in [-0.1, -0.05) is 12.1 Å². The molecule has 1 aromatic heterocycles. The molecule has 132 valence electrons. The van der Waals surface area contributed by atoms with Gasteiger partial charge in [0, 0.05) is 36.7 Å². The van der Waals surface area contributed by atoms with Crippen molar-refractivity contribution in [3.63, 3.8) is 0 Å². The predicted octanol–water partition coefficient (Wildman–Crippen LogP) is 2.95. The molecule has 2 atom stereocenters. The second-order valence-electron chi connectivity index (χ2n) is 7.09. The highest BCUT2D eigenvalue weighted by atomic mass is 19.1. The van der Waals surface area contributed by atoms with Crippen molar-refractivity contribution < 1.29 is 14.2 Å². The van der Waals surface area contributed by atoms with Crippen molar-refractivity contribution in [2.75, 3.05) is 12.0 Å². The molecule has 3 heterocycles. The van der Waals surface area contributed by atoms with Crippen molar-refractivity contribution in [2.24, 2.45) is 0 Å². The molecule has 2 unspecified atom stereocenters. The third-order valence-electron chi connectivity index (χ3n) is 5.41. The average Bonchev–Trinajstić information content (AvgIpc) is 2.87. The summed E-state index contributed by atoms with van der Waals surface area (Å²) < 4.78 is 18.5. The van der Waals surface area contributed by atoms with E-state index in [9.17, 15) is 9.50 Å². The van der Waals surface area contributed by atoms with Gasteiger partial charge in [-0.25, -0.2) is 9.37 Å². The Hall–Kier alpha value is -2.21. The Labute approximate surface area is 146 Å². The molecule has 2 saturated heterocycles. The Balaban J connectivity index is 1.64. The van der Waals surface area contributed by atoms with Gasteiger partial charge in [0.15, 0.2) is 0 Å². The predicted molar refractivity (Wildman–Crippen MR) is 92.1 cm³/mol. The van der Waals surface area contributed by atoms with Crippen LogP contribution in [0.4, 0.5) is 10.3 Å². The highest BCUT2D eigenvalue weighted by molar-refractivity contribution is 5.42. The van der Waals surface area contributed by atoms with Crippen LogP contribution >= 0.6 is 0 Å². The summed E-state index contributed by atoms with van der Waals surface area (Å²) in [6.45, 7) is 1.93. The van der Waals surface area contributed by atoms with Crippen LogP contribution in [0.2, 0.25) is 0 Å². The molecule has 1 N–H and O–H groups in total. The number of nitrogens with zero attached hydrogens (tertiary/aromatic N) is 3. The molecule has 2 aromatic rings. The minimum absolute atomic E-state index is 0.167. The molecular weight excluding hydrogens is 321 g/mol. The molecule has 0 saturated carbocycles. The Morgan fingerprint density at radius 3 is 2.40 bits per heavy atom. The topological polar surface area (TPSA) is 58.5 Å². The van der Waals surface area contributed by atoms with Crippen molar-refractivity contribution in [3.8, 4) is 5.88 Å². The molecule has 0 radical (unpaired) electrons. The molecule has 2 bridgehead atoms. The minimum atomic E-state index is -0.927. The van der Waals surface area contributed by atoms with E-state index in [1.807, 2.05) is 13.0 Å². The zero-order chi connectivity index (χ0) is 17.6. The van der Waals surface area contributed by atoms with Crippen LogP contribution in [0.1, 0.15) is 36.9 Å². The highest BCUT2D eigenvalue weighted by Crippen LogP contribution is 2.46. The minimum Gasteiger partial charge on any atom is -0.481 e. The second-order valence-corrected chi connectivity index (χ2v) is 7.09. The fourth-order valence-corrected chi connectivity index (χ4v) is 4.29. The third kappa shape index (κ3) is 2.84. The van der Waals surface area contributed by atoms with Crippen molar-refractivity contribution in [3.05, 3.63) is 47.4 Å². The normalized spacial score (nSPS) is 28.2. The molecule has 2 aliphatic heterocycles. The van der Waals surface area contributed by atoms with E-state index in [1.54, 1.807) is 19.2 Å². The summed E-state index contributed by atoms with van der Waals surface area (Å²) in [5.74, 6) is 0.944. The number of ether oxygens (including phenoxy) is 1. The molecule has 6 heteroatoms. The summed E-state index contributed by atoms with van der Waals surface area (Å²) in [4.78, 5) is 11.3. The maximum atomic E-state index is 13.2. The van der Waals surface area contributed by atoms with Crippen LogP contribution in [0, 0.1) is 12.7 Å². The maximum Gasteiger partial charge on any atom is 0.229 e. The fourth-order valence-electron chi connectivity index (χ4n) is 4.29. The molecule has 25 heavy (non-hydrogen) atoms. The van der Waals surface area contributed by atoms with E-state index in [0.717, 1.165) is 24.1 Å². The number of halogens is 1. The number of fused-ring (bicyclic) bond motifs is 2. The van der Waals surface area contributed by atoms with Crippen molar-refractivity contribution >= 4 is 5.95 Å². The molecule has 0 spiro atoms. The molecule has 2 fully saturated rings. The van der Waals surface area contributed by atoms with Gasteiger partial charge in [-0.15, -0.1) is 0 Å². The molecule has 1 aromatic carbocycles.